The van der Waals surface area contributed by atoms with Crippen LogP contribution in [0.5, 0.6) is 0 Å². The van der Waals surface area contributed by atoms with E-state index in [9.17, 15) is 9.59 Å². The molecule has 0 N–H and O–H groups in total. The van der Waals surface area contributed by atoms with Crippen LogP contribution in [0.4, 0.5) is 0 Å². The molecule has 0 aromatic carbocycles. The van der Waals surface area contributed by atoms with E-state index < -0.39 is 5.60 Å². The van der Waals surface area contributed by atoms with E-state index in [4.69, 9.17) is 4.74 Å². The molecule has 0 saturated carbocycles. The van der Waals surface area contributed by atoms with Gasteiger partial charge in [0.05, 0.1) is 13.0 Å². The second-order valence-corrected chi connectivity index (χ2v) is 4.90. The maximum absolute atomic E-state index is 11.3. The van der Waals surface area contributed by atoms with Crippen molar-refractivity contribution < 1.29 is 19.1 Å². The monoisotopic (exact) mass is 230 g/mol. The van der Waals surface area contributed by atoms with E-state index in [1.54, 1.807) is 6.92 Å². The van der Waals surface area contributed by atoms with Gasteiger partial charge in [0.15, 0.2) is 0 Å². The van der Waals surface area contributed by atoms with Crippen molar-refractivity contribution in [2.45, 2.75) is 52.6 Å². The number of rotatable bonds is 5. The molecule has 0 spiro atoms. The van der Waals surface area contributed by atoms with Crippen molar-refractivity contribution in [1.82, 2.24) is 0 Å². The van der Waals surface area contributed by atoms with Gasteiger partial charge in [-0.2, -0.15) is 0 Å². The zero-order chi connectivity index (χ0) is 12.8. The molecule has 0 radical (unpaired) electrons. The molecule has 0 rings (SSSR count). The summed E-state index contributed by atoms with van der Waals surface area (Å²) in [6.45, 7) is 7.30. The molecule has 0 unspecified atom stereocenters. The summed E-state index contributed by atoms with van der Waals surface area (Å²) in [5.74, 6) is -0.610. The van der Waals surface area contributed by atoms with Gasteiger partial charge in [-0.3, -0.25) is 9.59 Å². The average Bonchev–Trinajstić information content (AvgIpc) is 2.13. The maximum atomic E-state index is 11.3. The Morgan fingerprint density at radius 2 is 1.81 bits per heavy atom. The average molecular weight is 230 g/mol. The Labute approximate surface area is 97.3 Å². The summed E-state index contributed by atoms with van der Waals surface area (Å²) in [6.07, 6.45) is 1.63. The van der Waals surface area contributed by atoms with Crippen LogP contribution in [0.15, 0.2) is 0 Å². The molecular formula is C12H22O4. The van der Waals surface area contributed by atoms with Crippen LogP contribution in [0, 0.1) is 5.92 Å². The second kappa shape index (κ2) is 6.51. The number of methoxy groups -OCH3 is 1. The van der Waals surface area contributed by atoms with Gasteiger partial charge in [-0.1, -0.05) is 6.92 Å². The Morgan fingerprint density at radius 3 is 2.25 bits per heavy atom. The number of carbonyl (C=O) groups excluding carboxylic acids is 2. The standard InChI is InChI=1S/C12H22O4/c1-9(11(14)15-5)7-6-8-10(13)16-12(2,3)4/h9H,6-8H2,1-5H3/t9-/m0/s1. The van der Waals surface area contributed by atoms with Gasteiger partial charge < -0.3 is 9.47 Å². The van der Waals surface area contributed by atoms with Crippen LogP contribution in [0.2, 0.25) is 0 Å². The maximum Gasteiger partial charge on any atom is 0.308 e. The summed E-state index contributed by atoms with van der Waals surface area (Å²) in [4.78, 5) is 22.4. The number of esters is 2. The fourth-order valence-electron chi connectivity index (χ4n) is 1.26. The molecule has 1 atom stereocenters. The van der Waals surface area contributed by atoms with Crippen LogP contribution in [0.1, 0.15) is 47.0 Å². The summed E-state index contributed by atoms with van der Waals surface area (Å²) in [6, 6.07) is 0. The molecule has 4 nitrogen and oxygen atoms in total. The lowest BCUT2D eigenvalue weighted by atomic mass is 10.0. The fourth-order valence-corrected chi connectivity index (χ4v) is 1.26. The highest BCUT2D eigenvalue weighted by atomic mass is 16.6. The molecule has 4 heteroatoms. The minimum atomic E-state index is -0.439. The lowest BCUT2D eigenvalue weighted by molar-refractivity contribution is -0.155. The topological polar surface area (TPSA) is 52.6 Å². The van der Waals surface area contributed by atoms with E-state index in [1.165, 1.54) is 7.11 Å². The highest BCUT2D eigenvalue weighted by Crippen LogP contribution is 2.13. The minimum Gasteiger partial charge on any atom is -0.469 e. The van der Waals surface area contributed by atoms with Crippen LogP contribution in [0.25, 0.3) is 0 Å². The molecular weight excluding hydrogens is 208 g/mol. The Kier molecular flexibility index (Phi) is 6.08. The van der Waals surface area contributed by atoms with E-state index >= 15 is 0 Å². The van der Waals surface area contributed by atoms with E-state index in [0.29, 0.717) is 19.3 Å². The van der Waals surface area contributed by atoms with Gasteiger partial charge in [0, 0.05) is 6.42 Å². The smallest absolute Gasteiger partial charge is 0.308 e. The summed E-state index contributed by atoms with van der Waals surface area (Å²) in [7, 11) is 1.37. The van der Waals surface area contributed by atoms with Gasteiger partial charge in [-0.05, 0) is 33.6 Å². The summed E-state index contributed by atoms with van der Waals surface area (Å²) >= 11 is 0. The van der Waals surface area contributed by atoms with Crippen LogP contribution < -0.4 is 0 Å². The van der Waals surface area contributed by atoms with E-state index in [0.717, 1.165) is 0 Å². The molecule has 0 saturated heterocycles. The van der Waals surface area contributed by atoms with Crippen LogP contribution in [-0.2, 0) is 19.1 Å². The van der Waals surface area contributed by atoms with Gasteiger partial charge in [0.25, 0.3) is 0 Å². The predicted octanol–water partition coefficient (Wildman–Crippen LogP) is 2.31. The molecule has 0 fully saturated rings. The molecule has 94 valence electrons. The number of hydrogen-bond acceptors (Lipinski definition) is 4. The second-order valence-electron chi connectivity index (χ2n) is 4.90. The van der Waals surface area contributed by atoms with E-state index in [-0.39, 0.29) is 17.9 Å². The van der Waals surface area contributed by atoms with Crippen molar-refractivity contribution in [2.75, 3.05) is 7.11 Å². The molecule has 0 aliphatic heterocycles. The number of carbonyl (C=O) groups is 2. The van der Waals surface area contributed by atoms with E-state index in [1.807, 2.05) is 20.8 Å². The van der Waals surface area contributed by atoms with E-state index in [2.05, 4.69) is 4.74 Å². The van der Waals surface area contributed by atoms with Gasteiger partial charge >= 0.3 is 11.9 Å². The zero-order valence-corrected chi connectivity index (χ0v) is 10.8. The lowest BCUT2D eigenvalue weighted by Gasteiger charge is -2.19. The minimum absolute atomic E-state index is 0.160. The summed E-state index contributed by atoms with van der Waals surface area (Å²) < 4.78 is 9.75. The summed E-state index contributed by atoms with van der Waals surface area (Å²) in [5.41, 5.74) is -0.439. The van der Waals surface area contributed by atoms with Gasteiger partial charge in [0.2, 0.25) is 0 Å². The third-order valence-corrected chi connectivity index (χ3v) is 2.04. The first-order chi connectivity index (χ1) is 7.26. The molecule has 0 amide bonds. The zero-order valence-electron chi connectivity index (χ0n) is 10.8. The molecule has 0 aromatic rings. The van der Waals surface area contributed by atoms with Crippen molar-refractivity contribution >= 4 is 11.9 Å². The van der Waals surface area contributed by atoms with Gasteiger partial charge in [-0.25, -0.2) is 0 Å². The Hall–Kier alpha value is -1.06. The third kappa shape index (κ3) is 7.26. The van der Waals surface area contributed by atoms with Crippen molar-refractivity contribution in [3.63, 3.8) is 0 Å². The number of ether oxygens (including phenoxy) is 2. The molecule has 0 bridgehead atoms. The first kappa shape index (κ1) is 14.9. The van der Waals surface area contributed by atoms with Crippen molar-refractivity contribution in [1.29, 1.82) is 0 Å². The highest BCUT2D eigenvalue weighted by Gasteiger charge is 2.17. The first-order valence-electron chi connectivity index (χ1n) is 5.56. The number of hydrogen-bond donors (Lipinski definition) is 0. The molecule has 16 heavy (non-hydrogen) atoms. The van der Waals surface area contributed by atoms with Crippen LogP contribution in [-0.4, -0.2) is 24.6 Å². The van der Waals surface area contributed by atoms with Crippen molar-refractivity contribution in [2.24, 2.45) is 5.92 Å². The predicted molar refractivity (Wildman–Crippen MR) is 60.9 cm³/mol. The largest absolute Gasteiger partial charge is 0.469 e. The highest BCUT2D eigenvalue weighted by molar-refractivity contribution is 5.72. The molecule has 0 aromatic heterocycles. The van der Waals surface area contributed by atoms with Crippen LogP contribution in [0.3, 0.4) is 0 Å². The quantitative estimate of drug-likeness (QED) is 0.680. The fraction of sp³-hybridized carbons (Fsp3) is 0.833. The van der Waals surface area contributed by atoms with Crippen molar-refractivity contribution in [3.05, 3.63) is 0 Å². The van der Waals surface area contributed by atoms with Crippen LogP contribution >= 0.6 is 0 Å². The van der Waals surface area contributed by atoms with Gasteiger partial charge in [-0.15, -0.1) is 0 Å². The Morgan fingerprint density at radius 1 is 1.25 bits per heavy atom. The van der Waals surface area contributed by atoms with Crippen molar-refractivity contribution in [3.8, 4) is 0 Å². The third-order valence-electron chi connectivity index (χ3n) is 2.04. The summed E-state index contributed by atoms with van der Waals surface area (Å²) in [5, 5.41) is 0. The SMILES string of the molecule is COC(=O)[C@@H](C)CCCC(=O)OC(C)(C)C. The Bertz CT molecular complexity index is 240. The van der Waals surface area contributed by atoms with Gasteiger partial charge in [0.1, 0.15) is 5.60 Å². The Balaban J connectivity index is 3.74. The first-order valence-corrected chi connectivity index (χ1v) is 5.56. The molecule has 0 aliphatic rings. The molecule has 0 aliphatic carbocycles. The molecule has 0 heterocycles. The lowest BCUT2D eigenvalue weighted by Crippen LogP contribution is -2.23. The normalized spacial score (nSPS) is 13.1.